The Morgan fingerprint density at radius 3 is 2.47 bits per heavy atom. The number of ether oxygens (including phenoxy) is 1. The Kier molecular flexibility index (Phi) is 2.84. The second-order valence-corrected chi connectivity index (χ2v) is 3.98. The van der Waals surface area contributed by atoms with E-state index in [0.717, 1.165) is 0 Å². The third-order valence-electron chi connectivity index (χ3n) is 1.85. The number of fused-ring (bicyclic) bond motifs is 1. The van der Waals surface area contributed by atoms with Gasteiger partial charge in [0.1, 0.15) is 0 Å². The van der Waals surface area contributed by atoms with Crippen LogP contribution in [0.5, 0.6) is 5.88 Å². The zero-order valence-corrected chi connectivity index (χ0v) is 10.1. The molecule has 2 aromatic heterocycles. The predicted molar refractivity (Wildman–Crippen MR) is 64.7 cm³/mol. The third kappa shape index (κ3) is 2.28. The Hall–Kier alpha value is -1.89. The summed E-state index contributed by atoms with van der Waals surface area (Å²) in [7, 11) is 0. The molecule has 8 heteroatoms. The van der Waals surface area contributed by atoms with E-state index >= 15 is 0 Å². The first-order valence-electron chi connectivity index (χ1n) is 4.90. The molecular weight excluding hydrogens is 244 g/mol. The second-order valence-electron chi connectivity index (χ2n) is 3.63. The number of hydrogen-bond acceptors (Lipinski definition) is 7. The maximum absolute atomic E-state index is 5.92. The van der Waals surface area contributed by atoms with Gasteiger partial charge in [0, 0.05) is 0 Å². The van der Waals surface area contributed by atoms with Gasteiger partial charge in [-0.3, -0.25) is 0 Å². The lowest BCUT2D eigenvalue weighted by Gasteiger charge is -2.10. The van der Waals surface area contributed by atoms with Gasteiger partial charge in [0.2, 0.25) is 5.95 Å². The van der Waals surface area contributed by atoms with E-state index in [9.17, 15) is 0 Å². The lowest BCUT2D eigenvalue weighted by atomic mass is 10.4. The topological polar surface area (TPSA) is 113 Å². The molecule has 0 spiro atoms. The lowest BCUT2D eigenvalue weighted by molar-refractivity contribution is 0.232. The van der Waals surface area contributed by atoms with E-state index in [1.807, 2.05) is 13.8 Å². The van der Waals surface area contributed by atoms with Crippen LogP contribution in [0.1, 0.15) is 13.8 Å². The average molecular weight is 255 g/mol. The van der Waals surface area contributed by atoms with Gasteiger partial charge in [-0.15, -0.1) is 0 Å². The van der Waals surface area contributed by atoms with Gasteiger partial charge in [-0.1, -0.05) is 11.6 Å². The standard InChI is InChI=1S/C9H11ClN6O/c1-3(2)17-8-5(10)13-4-6(11)14-9(12)16-7(4)15-8/h3H,1-2H3,(H4,11,12,14,15,16). The van der Waals surface area contributed by atoms with Crippen LogP contribution in [0, 0.1) is 0 Å². The molecule has 2 rings (SSSR count). The Morgan fingerprint density at radius 2 is 1.82 bits per heavy atom. The summed E-state index contributed by atoms with van der Waals surface area (Å²) < 4.78 is 5.39. The zero-order chi connectivity index (χ0) is 12.6. The minimum atomic E-state index is -0.0734. The van der Waals surface area contributed by atoms with Gasteiger partial charge in [0.15, 0.2) is 22.1 Å². The molecule has 4 N–H and O–H groups in total. The van der Waals surface area contributed by atoms with E-state index in [0.29, 0.717) is 5.52 Å². The van der Waals surface area contributed by atoms with Crippen LogP contribution in [0.25, 0.3) is 11.2 Å². The SMILES string of the molecule is CC(C)Oc1nc2nc(N)nc(N)c2nc1Cl. The van der Waals surface area contributed by atoms with Crippen LogP contribution < -0.4 is 16.2 Å². The molecule has 0 aromatic carbocycles. The molecule has 0 amide bonds. The highest BCUT2D eigenvalue weighted by Gasteiger charge is 2.13. The van der Waals surface area contributed by atoms with Crippen molar-refractivity contribution < 1.29 is 4.74 Å². The summed E-state index contributed by atoms with van der Waals surface area (Å²) in [6.07, 6.45) is -0.0734. The molecule has 7 nitrogen and oxygen atoms in total. The molecule has 0 aliphatic carbocycles. The maximum atomic E-state index is 5.92. The van der Waals surface area contributed by atoms with Crippen LogP contribution >= 0.6 is 11.6 Å². The zero-order valence-electron chi connectivity index (χ0n) is 9.31. The lowest BCUT2D eigenvalue weighted by Crippen LogP contribution is -2.09. The monoisotopic (exact) mass is 254 g/mol. The van der Waals surface area contributed by atoms with Crippen molar-refractivity contribution in [1.29, 1.82) is 0 Å². The average Bonchev–Trinajstić information content (AvgIpc) is 2.20. The number of hydrogen-bond donors (Lipinski definition) is 2. The number of anilines is 2. The Labute approximate surface area is 102 Å². The van der Waals surface area contributed by atoms with Crippen molar-refractivity contribution in [1.82, 2.24) is 19.9 Å². The normalized spacial score (nSPS) is 11.1. The highest BCUT2D eigenvalue weighted by atomic mass is 35.5. The summed E-state index contributed by atoms with van der Waals surface area (Å²) in [6, 6.07) is 0. The van der Waals surface area contributed by atoms with E-state index in [2.05, 4.69) is 19.9 Å². The van der Waals surface area contributed by atoms with Gasteiger partial charge >= 0.3 is 0 Å². The fraction of sp³-hybridized carbons (Fsp3) is 0.333. The van der Waals surface area contributed by atoms with Crippen molar-refractivity contribution in [2.75, 3.05) is 11.5 Å². The number of halogens is 1. The van der Waals surface area contributed by atoms with Crippen LogP contribution in [0.3, 0.4) is 0 Å². The highest BCUT2D eigenvalue weighted by Crippen LogP contribution is 2.25. The predicted octanol–water partition coefficient (Wildman–Crippen LogP) is 1.02. The molecule has 0 atom stereocenters. The molecule has 2 aromatic rings. The van der Waals surface area contributed by atoms with E-state index < -0.39 is 0 Å². The highest BCUT2D eigenvalue weighted by molar-refractivity contribution is 6.31. The van der Waals surface area contributed by atoms with E-state index in [1.165, 1.54) is 0 Å². The van der Waals surface area contributed by atoms with E-state index in [1.54, 1.807) is 0 Å². The van der Waals surface area contributed by atoms with Crippen molar-refractivity contribution in [3.8, 4) is 5.88 Å². The minimum absolute atomic E-state index is 0.0297. The quantitative estimate of drug-likeness (QED) is 0.823. The fourth-order valence-corrected chi connectivity index (χ4v) is 1.42. The van der Waals surface area contributed by atoms with Gasteiger partial charge in [-0.2, -0.15) is 15.0 Å². The van der Waals surface area contributed by atoms with Crippen LogP contribution in [-0.4, -0.2) is 26.0 Å². The first-order chi connectivity index (χ1) is 7.97. The van der Waals surface area contributed by atoms with E-state index in [-0.39, 0.29) is 34.6 Å². The van der Waals surface area contributed by atoms with Crippen LogP contribution in [0.4, 0.5) is 11.8 Å². The number of aromatic nitrogens is 4. The molecule has 17 heavy (non-hydrogen) atoms. The number of nitrogen functional groups attached to an aromatic ring is 2. The van der Waals surface area contributed by atoms with Gasteiger partial charge in [-0.05, 0) is 13.8 Å². The first kappa shape index (κ1) is 11.6. The summed E-state index contributed by atoms with van der Waals surface area (Å²) in [5.74, 6) is 0.367. The molecule has 0 unspecified atom stereocenters. The molecule has 90 valence electrons. The molecule has 2 heterocycles. The second kappa shape index (κ2) is 4.17. The fourth-order valence-electron chi connectivity index (χ4n) is 1.25. The van der Waals surface area contributed by atoms with Crippen molar-refractivity contribution in [3.63, 3.8) is 0 Å². The molecule has 0 radical (unpaired) electrons. The van der Waals surface area contributed by atoms with Gasteiger partial charge in [0.05, 0.1) is 6.10 Å². The number of nitrogens with zero attached hydrogens (tertiary/aromatic N) is 4. The Morgan fingerprint density at radius 1 is 1.12 bits per heavy atom. The van der Waals surface area contributed by atoms with Crippen LogP contribution in [0.15, 0.2) is 0 Å². The van der Waals surface area contributed by atoms with E-state index in [4.69, 9.17) is 27.8 Å². The molecule has 0 aliphatic rings. The van der Waals surface area contributed by atoms with Gasteiger partial charge in [0.25, 0.3) is 5.88 Å². The molecular formula is C9H11ClN6O. The summed E-state index contributed by atoms with van der Waals surface area (Å²) in [4.78, 5) is 15.8. The number of rotatable bonds is 2. The van der Waals surface area contributed by atoms with Gasteiger partial charge in [-0.25, -0.2) is 4.98 Å². The largest absolute Gasteiger partial charge is 0.473 e. The smallest absolute Gasteiger partial charge is 0.254 e. The van der Waals surface area contributed by atoms with Crippen molar-refractivity contribution in [2.45, 2.75) is 20.0 Å². The van der Waals surface area contributed by atoms with Crippen molar-refractivity contribution in [3.05, 3.63) is 5.15 Å². The number of nitrogens with two attached hydrogens (primary N) is 2. The summed E-state index contributed by atoms with van der Waals surface area (Å²) in [5, 5.41) is 0.117. The molecule has 0 aliphatic heterocycles. The molecule has 0 bridgehead atoms. The Bertz CT molecular complexity index is 573. The van der Waals surface area contributed by atoms with Crippen molar-refractivity contribution in [2.24, 2.45) is 0 Å². The molecule has 0 saturated heterocycles. The summed E-state index contributed by atoms with van der Waals surface area (Å²) in [5.41, 5.74) is 11.7. The van der Waals surface area contributed by atoms with Crippen LogP contribution in [0.2, 0.25) is 5.15 Å². The summed E-state index contributed by atoms with van der Waals surface area (Å²) >= 11 is 5.92. The summed E-state index contributed by atoms with van der Waals surface area (Å²) in [6.45, 7) is 3.70. The molecule has 0 saturated carbocycles. The maximum Gasteiger partial charge on any atom is 0.254 e. The van der Waals surface area contributed by atoms with Gasteiger partial charge < -0.3 is 16.2 Å². The first-order valence-corrected chi connectivity index (χ1v) is 5.28. The van der Waals surface area contributed by atoms with Crippen molar-refractivity contribution >= 4 is 34.5 Å². The third-order valence-corrected chi connectivity index (χ3v) is 2.10. The Balaban J connectivity index is 2.63. The van der Waals surface area contributed by atoms with Crippen LogP contribution in [-0.2, 0) is 0 Å². The molecule has 0 fully saturated rings. The minimum Gasteiger partial charge on any atom is -0.473 e.